The summed E-state index contributed by atoms with van der Waals surface area (Å²) in [5.74, 6) is -0.294. The average Bonchev–Trinajstić information content (AvgIpc) is 2.11. The van der Waals surface area contributed by atoms with E-state index in [0.717, 1.165) is 0 Å². The highest BCUT2D eigenvalue weighted by molar-refractivity contribution is 8.30. The second-order valence-corrected chi connectivity index (χ2v) is 5.57. The highest BCUT2D eigenvalue weighted by Gasteiger charge is 2.21. The van der Waals surface area contributed by atoms with Crippen molar-refractivity contribution in [1.29, 1.82) is 0 Å². The summed E-state index contributed by atoms with van der Waals surface area (Å²) < 4.78 is 9.90. The van der Waals surface area contributed by atoms with Crippen molar-refractivity contribution in [3.8, 4) is 0 Å². The number of carbonyl (C=O) groups excluding carboxylic acids is 1. The van der Waals surface area contributed by atoms with E-state index >= 15 is 0 Å². The largest absolute Gasteiger partial charge is 0.476 e. The molecule has 0 saturated carbocycles. The van der Waals surface area contributed by atoms with E-state index in [2.05, 4.69) is 4.74 Å². The van der Waals surface area contributed by atoms with Gasteiger partial charge in [-0.05, 0) is 32.3 Å². The first kappa shape index (κ1) is 14.1. The van der Waals surface area contributed by atoms with E-state index in [1.54, 1.807) is 0 Å². The van der Waals surface area contributed by atoms with Crippen molar-refractivity contribution in [2.24, 2.45) is 0 Å². The highest BCUT2D eigenvalue weighted by atomic mass is 32.2. The number of carbonyl (C=O) groups is 1. The molecule has 0 heterocycles. The Bertz CT molecular complexity index is 206. The van der Waals surface area contributed by atoms with Crippen LogP contribution in [0.4, 0.5) is 0 Å². The molecule has 0 aliphatic heterocycles. The van der Waals surface area contributed by atoms with Gasteiger partial charge in [0, 0.05) is 0 Å². The fourth-order valence-electron chi connectivity index (χ4n) is 0.596. The molecule has 1 unspecified atom stereocenters. The summed E-state index contributed by atoms with van der Waals surface area (Å²) in [4.78, 5) is 11.2. The quantitative estimate of drug-likeness (QED) is 0.435. The number of esters is 1. The number of rotatable bonds is 4. The van der Waals surface area contributed by atoms with Gasteiger partial charge in [0.05, 0.1) is 13.2 Å². The van der Waals surface area contributed by atoms with E-state index in [9.17, 15) is 4.79 Å². The van der Waals surface area contributed by atoms with Gasteiger partial charge in [-0.1, -0.05) is 11.8 Å². The van der Waals surface area contributed by atoms with Gasteiger partial charge in [-0.15, -0.1) is 11.8 Å². The SMILES string of the molecule is COC(=O)C(SC)SC(=S)OC(C)C. The molecule has 0 radical (unpaired) electrons. The molecule has 0 aromatic rings. The molecule has 82 valence electrons. The molecule has 0 aliphatic carbocycles. The van der Waals surface area contributed by atoms with E-state index in [1.807, 2.05) is 20.1 Å². The molecule has 0 aliphatic rings. The molecule has 0 N–H and O–H groups in total. The summed E-state index contributed by atoms with van der Waals surface area (Å²) in [5, 5.41) is 0. The third-order valence-corrected chi connectivity index (χ3v) is 3.71. The standard InChI is InChI=1S/C8H14O3S3/c1-5(2)11-8(12)14-7(13-4)6(9)10-3/h5,7H,1-4H3. The minimum Gasteiger partial charge on any atom is -0.476 e. The fourth-order valence-corrected chi connectivity index (χ4v) is 2.81. The Balaban J connectivity index is 4.05. The molecule has 14 heavy (non-hydrogen) atoms. The van der Waals surface area contributed by atoms with Crippen LogP contribution in [0.3, 0.4) is 0 Å². The van der Waals surface area contributed by atoms with Gasteiger partial charge in [-0.3, -0.25) is 0 Å². The monoisotopic (exact) mass is 254 g/mol. The average molecular weight is 254 g/mol. The Kier molecular flexibility index (Phi) is 7.40. The van der Waals surface area contributed by atoms with Crippen LogP contribution >= 0.6 is 35.7 Å². The van der Waals surface area contributed by atoms with Gasteiger partial charge in [-0.25, -0.2) is 4.79 Å². The Morgan fingerprint density at radius 2 is 2.00 bits per heavy atom. The van der Waals surface area contributed by atoms with Crippen LogP contribution in [0.5, 0.6) is 0 Å². The predicted octanol–water partition coefficient (Wildman–Crippen LogP) is 2.29. The fraction of sp³-hybridized carbons (Fsp3) is 0.750. The van der Waals surface area contributed by atoms with Gasteiger partial charge in [-0.2, -0.15) is 0 Å². The summed E-state index contributed by atoms with van der Waals surface area (Å²) in [6.07, 6.45) is 1.86. The molecule has 0 rings (SSSR count). The number of thiocarbonyl (C=S) groups is 1. The van der Waals surface area contributed by atoms with E-state index < -0.39 is 0 Å². The van der Waals surface area contributed by atoms with Gasteiger partial charge in [0.1, 0.15) is 0 Å². The lowest BCUT2D eigenvalue weighted by Gasteiger charge is -2.14. The maximum absolute atomic E-state index is 11.2. The molecule has 0 aromatic heterocycles. The molecule has 1 atom stereocenters. The van der Waals surface area contributed by atoms with E-state index in [4.69, 9.17) is 17.0 Å². The first-order valence-corrected chi connectivity index (χ1v) is 6.56. The smallest absolute Gasteiger partial charge is 0.329 e. The van der Waals surface area contributed by atoms with E-state index in [-0.39, 0.29) is 16.7 Å². The van der Waals surface area contributed by atoms with Crippen LogP contribution in [0, 0.1) is 0 Å². The molecule has 0 saturated heterocycles. The summed E-state index contributed by atoms with van der Waals surface area (Å²) in [6, 6.07) is 0. The van der Waals surface area contributed by atoms with Gasteiger partial charge >= 0.3 is 5.97 Å². The topological polar surface area (TPSA) is 35.5 Å². The summed E-state index contributed by atoms with van der Waals surface area (Å²) >= 11 is 7.54. The van der Waals surface area contributed by atoms with Crippen LogP contribution in [0.2, 0.25) is 0 Å². The van der Waals surface area contributed by atoms with Crippen molar-refractivity contribution in [2.75, 3.05) is 13.4 Å². The Labute approximate surface area is 98.3 Å². The third-order valence-electron chi connectivity index (χ3n) is 1.14. The maximum atomic E-state index is 11.2. The van der Waals surface area contributed by atoms with Crippen molar-refractivity contribution < 1.29 is 14.3 Å². The zero-order valence-corrected chi connectivity index (χ0v) is 11.1. The number of hydrogen-bond acceptors (Lipinski definition) is 6. The summed E-state index contributed by atoms with van der Waals surface area (Å²) in [5.41, 5.74) is 0. The Hall–Kier alpha value is 0.0600. The Morgan fingerprint density at radius 3 is 2.36 bits per heavy atom. The number of methoxy groups -OCH3 is 1. The maximum Gasteiger partial charge on any atom is 0.329 e. The number of hydrogen-bond donors (Lipinski definition) is 0. The molecule has 0 amide bonds. The van der Waals surface area contributed by atoms with Crippen LogP contribution in [-0.4, -0.2) is 34.4 Å². The number of ether oxygens (including phenoxy) is 2. The third kappa shape index (κ3) is 5.72. The minimum absolute atomic E-state index is 0.0372. The lowest BCUT2D eigenvalue weighted by Crippen LogP contribution is -2.18. The molecular formula is C8H14O3S3. The summed E-state index contributed by atoms with van der Waals surface area (Å²) in [6.45, 7) is 3.78. The molecule has 0 fully saturated rings. The van der Waals surface area contributed by atoms with Gasteiger partial charge in [0.25, 0.3) is 0 Å². The van der Waals surface area contributed by atoms with Crippen LogP contribution in [0.25, 0.3) is 0 Å². The van der Waals surface area contributed by atoms with Gasteiger partial charge in [0.2, 0.25) is 4.38 Å². The minimum atomic E-state index is -0.341. The van der Waals surface area contributed by atoms with Crippen molar-refractivity contribution in [2.45, 2.75) is 24.5 Å². The molecular weight excluding hydrogens is 240 g/mol. The second-order valence-electron chi connectivity index (χ2n) is 2.63. The zero-order valence-electron chi connectivity index (χ0n) is 8.60. The lowest BCUT2D eigenvalue weighted by molar-refractivity contribution is -0.138. The van der Waals surface area contributed by atoms with Crippen LogP contribution < -0.4 is 0 Å². The normalized spacial score (nSPS) is 12.4. The molecule has 0 spiro atoms. The molecule has 0 aromatic carbocycles. The molecule has 0 bridgehead atoms. The lowest BCUT2D eigenvalue weighted by atomic mass is 10.5. The first-order valence-electron chi connectivity index (χ1n) is 3.99. The molecule has 6 heteroatoms. The van der Waals surface area contributed by atoms with Gasteiger partial charge in [0.15, 0.2) is 4.58 Å². The number of thioether (sulfide) groups is 2. The highest BCUT2D eigenvalue weighted by Crippen LogP contribution is 2.25. The Morgan fingerprint density at radius 1 is 1.43 bits per heavy atom. The zero-order chi connectivity index (χ0) is 11.1. The van der Waals surface area contributed by atoms with Crippen molar-refractivity contribution in [1.82, 2.24) is 0 Å². The predicted molar refractivity (Wildman–Crippen MR) is 65.7 cm³/mol. The van der Waals surface area contributed by atoms with Gasteiger partial charge < -0.3 is 9.47 Å². The van der Waals surface area contributed by atoms with E-state index in [0.29, 0.717) is 4.38 Å². The van der Waals surface area contributed by atoms with Crippen LogP contribution in [-0.2, 0) is 14.3 Å². The summed E-state index contributed by atoms with van der Waals surface area (Å²) in [7, 11) is 1.36. The van der Waals surface area contributed by atoms with E-state index in [1.165, 1.54) is 30.6 Å². The molecule has 3 nitrogen and oxygen atoms in total. The first-order chi connectivity index (χ1) is 6.51. The second kappa shape index (κ2) is 7.36. The van der Waals surface area contributed by atoms with Crippen molar-refractivity contribution >= 4 is 46.1 Å². The van der Waals surface area contributed by atoms with Crippen LogP contribution in [0.1, 0.15) is 13.8 Å². The van der Waals surface area contributed by atoms with Crippen molar-refractivity contribution in [3.63, 3.8) is 0 Å². The van der Waals surface area contributed by atoms with Crippen LogP contribution in [0.15, 0.2) is 0 Å². The van der Waals surface area contributed by atoms with Crippen molar-refractivity contribution in [3.05, 3.63) is 0 Å².